The van der Waals surface area contributed by atoms with Gasteiger partial charge >= 0.3 is 0 Å². The predicted molar refractivity (Wildman–Crippen MR) is 107 cm³/mol. The van der Waals surface area contributed by atoms with E-state index in [1.807, 2.05) is 29.8 Å². The van der Waals surface area contributed by atoms with Crippen molar-refractivity contribution >= 4 is 38.6 Å². The van der Waals surface area contributed by atoms with E-state index in [1.165, 1.54) is 16.4 Å². The number of fused-ring (bicyclic) bond motifs is 1. The molecule has 0 atom stereocenters. The number of primary amides is 1. The van der Waals surface area contributed by atoms with Crippen molar-refractivity contribution in [3.8, 4) is 0 Å². The van der Waals surface area contributed by atoms with Gasteiger partial charge in [0.2, 0.25) is 5.09 Å². The fraction of sp³-hybridized carbons (Fsp3) is 0.333. The summed E-state index contributed by atoms with van der Waals surface area (Å²) in [5, 5.41) is 0.366. The molecule has 4 rings (SSSR count). The van der Waals surface area contributed by atoms with Crippen molar-refractivity contribution in [2.24, 2.45) is 12.8 Å². The van der Waals surface area contributed by atoms with Crippen molar-refractivity contribution in [3.63, 3.8) is 0 Å². The highest BCUT2D eigenvalue weighted by molar-refractivity contribution is 7.89. The third kappa shape index (κ3) is 3.76. The van der Waals surface area contributed by atoms with Gasteiger partial charge in [-0.15, -0.1) is 0 Å². The van der Waals surface area contributed by atoms with Crippen molar-refractivity contribution in [1.82, 2.24) is 18.8 Å². The Bertz CT molecular complexity index is 1180. The van der Waals surface area contributed by atoms with Crippen molar-refractivity contribution in [1.29, 1.82) is 0 Å². The summed E-state index contributed by atoms with van der Waals surface area (Å²) in [5.74, 6) is -0.0973. The summed E-state index contributed by atoms with van der Waals surface area (Å²) in [5.41, 5.74) is 6.95. The number of aromatic nitrogens is 2. The van der Waals surface area contributed by atoms with Crippen molar-refractivity contribution in [2.45, 2.75) is 11.6 Å². The highest BCUT2D eigenvalue weighted by Gasteiger charge is 2.31. The lowest BCUT2D eigenvalue weighted by Crippen LogP contribution is -2.48. The molecule has 2 N–H and O–H groups in total. The number of carbonyl (C=O) groups is 1. The maximum Gasteiger partial charge on any atom is 0.284 e. The van der Waals surface area contributed by atoms with Crippen LogP contribution in [-0.2, 0) is 23.6 Å². The van der Waals surface area contributed by atoms with Crippen molar-refractivity contribution in [3.05, 3.63) is 46.9 Å². The number of hydrogen-bond donors (Lipinski definition) is 1. The molecule has 3 aromatic rings. The number of nitrogens with zero attached hydrogens (tertiary/aromatic N) is 4. The number of carbonyl (C=O) groups excluding carboxylic acids is 1. The first-order valence-corrected chi connectivity index (χ1v) is 10.8. The average molecular weight is 438 g/mol. The van der Waals surface area contributed by atoms with E-state index in [9.17, 15) is 13.2 Å². The highest BCUT2D eigenvalue weighted by Crippen LogP contribution is 2.23. The zero-order chi connectivity index (χ0) is 20.8. The molecule has 3 heterocycles. The number of piperazine rings is 1. The standard InChI is InChI=1S/C18H20ClN5O4S/c1-22-14-3-2-12(19)10-13(14)21-16(22)11-23-6-8-24(9-7-23)29(26,27)17-5-4-15(28-17)18(20)25/h2-5,10H,6-9,11H2,1H3,(H2,20,25). The van der Waals surface area contributed by atoms with E-state index in [4.69, 9.17) is 21.8 Å². The predicted octanol–water partition coefficient (Wildman–Crippen LogP) is 1.43. The minimum atomic E-state index is -3.81. The lowest BCUT2D eigenvalue weighted by atomic mass is 10.3. The Balaban J connectivity index is 1.44. The smallest absolute Gasteiger partial charge is 0.284 e. The van der Waals surface area contributed by atoms with Gasteiger partial charge in [-0.25, -0.2) is 13.4 Å². The Morgan fingerprint density at radius 1 is 1.21 bits per heavy atom. The Kier molecular flexibility index (Phi) is 5.11. The van der Waals surface area contributed by atoms with E-state index >= 15 is 0 Å². The van der Waals surface area contributed by atoms with Crippen molar-refractivity contribution < 1.29 is 17.6 Å². The molecular formula is C18H20ClN5O4S. The number of sulfonamides is 1. The molecule has 2 aromatic heterocycles. The van der Waals surface area contributed by atoms with Gasteiger partial charge < -0.3 is 14.7 Å². The second-order valence-electron chi connectivity index (χ2n) is 6.88. The molecule has 0 bridgehead atoms. The average Bonchev–Trinajstić information content (AvgIpc) is 3.29. The van der Waals surface area contributed by atoms with Crippen LogP contribution in [0.3, 0.4) is 0 Å². The van der Waals surface area contributed by atoms with Gasteiger partial charge in [-0.3, -0.25) is 9.69 Å². The van der Waals surface area contributed by atoms with Crippen molar-refractivity contribution in [2.75, 3.05) is 26.2 Å². The minimum absolute atomic E-state index is 0.177. The molecule has 11 heteroatoms. The number of aryl methyl sites for hydroxylation is 1. The van der Waals surface area contributed by atoms with Gasteiger partial charge in [0.15, 0.2) is 5.76 Å². The van der Waals surface area contributed by atoms with Crippen LogP contribution in [0.1, 0.15) is 16.4 Å². The maximum absolute atomic E-state index is 12.7. The maximum atomic E-state index is 12.7. The Morgan fingerprint density at radius 2 is 1.93 bits per heavy atom. The van der Waals surface area contributed by atoms with Gasteiger partial charge in [0.1, 0.15) is 5.82 Å². The zero-order valence-corrected chi connectivity index (χ0v) is 17.3. The Labute approximate surface area is 172 Å². The third-order valence-corrected chi connectivity index (χ3v) is 7.06. The number of imidazole rings is 1. The molecule has 9 nitrogen and oxygen atoms in total. The summed E-state index contributed by atoms with van der Waals surface area (Å²) in [7, 11) is -1.86. The normalized spacial score (nSPS) is 16.5. The van der Waals surface area contributed by atoms with E-state index in [2.05, 4.69) is 9.88 Å². The molecule has 0 spiro atoms. The second kappa shape index (κ2) is 7.45. The van der Waals surface area contributed by atoms with E-state index in [0.717, 1.165) is 16.9 Å². The number of amides is 1. The molecule has 0 aliphatic carbocycles. The van der Waals surface area contributed by atoms with Crippen LogP contribution in [0.15, 0.2) is 39.8 Å². The summed E-state index contributed by atoms with van der Waals surface area (Å²) in [6.45, 7) is 2.32. The third-order valence-electron chi connectivity index (χ3n) is 5.05. The van der Waals surface area contributed by atoms with Crippen LogP contribution in [0.25, 0.3) is 11.0 Å². The first-order chi connectivity index (χ1) is 13.8. The fourth-order valence-electron chi connectivity index (χ4n) is 3.41. The van der Waals surface area contributed by atoms with Crippen LogP contribution in [0.5, 0.6) is 0 Å². The van der Waals surface area contributed by atoms with E-state index in [1.54, 1.807) is 0 Å². The molecule has 0 saturated carbocycles. The minimum Gasteiger partial charge on any atom is -0.438 e. The van der Waals surface area contributed by atoms with E-state index < -0.39 is 15.9 Å². The summed E-state index contributed by atoms with van der Waals surface area (Å²) in [6.07, 6.45) is 0. The molecule has 0 radical (unpaired) electrons. The molecule has 1 fully saturated rings. The first kappa shape index (κ1) is 19.9. The van der Waals surface area contributed by atoms with E-state index in [-0.39, 0.29) is 10.9 Å². The van der Waals surface area contributed by atoms with Gasteiger partial charge in [-0.05, 0) is 30.3 Å². The summed E-state index contributed by atoms with van der Waals surface area (Å²) < 4.78 is 33.9. The van der Waals surface area contributed by atoms with Crippen LogP contribution >= 0.6 is 11.6 Å². The van der Waals surface area contributed by atoms with Crippen LogP contribution < -0.4 is 5.73 Å². The fourth-order valence-corrected chi connectivity index (χ4v) is 4.91. The van der Waals surface area contributed by atoms with Gasteiger partial charge in [0.25, 0.3) is 15.9 Å². The molecule has 0 unspecified atom stereocenters. The molecule has 1 saturated heterocycles. The summed E-state index contributed by atoms with van der Waals surface area (Å²) in [4.78, 5) is 17.9. The first-order valence-electron chi connectivity index (χ1n) is 8.99. The lowest BCUT2D eigenvalue weighted by molar-refractivity contribution is 0.0968. The lowest BCUT2D eigenvalue weighted by Gasteiger charge is -2.33. The number of halogens is 1. The Morgan fingerprint density at radius 3 is 2.59 bits per heavy atom. The molecular weight excluding hydrogens is 418 g/mol. The Hall–Kier alpha value is -2.40. The zero-order valence-electron chi connectivity index (χ0n) is 15.7. The van der Waals surface area contributed by atoms with Crippen LogP contribution in [0.4, 0.5) is 0 Å². The topological polar surface area (TPSA) is 115 Å². The van der Waals surface area contributed by atoms with Gasteiger partial charge in [0, 0.05) is 38.2 Å². The number of rotatable bonds is 5. The van der Waals surface area contributed by atoms with Crippen LogP contribution in [0, 0.1) is 0 Å². The summed E-state index contributed by atoms with van der Waals surface area (Å²) >= 11 is 6.04. The van der Waals surface area contributed by atoms with E-state index in [0.29, 0.717) is 37.7 Å². The van der Waals surface area contributed by atoms with Gasteiger partial charge in [-0.2, -0.15) is 4.31 Å². The number of hydrogen-bond acceptors (Lipinski definition) is 6. The quantitative estimate of drug-likeness (QED) is 0.645. The number of nitrogens with two attached hydrogens (primary N) is 1. The second-order valence-corrected chi connectivity index (χ2v) is 9.19. The molecule has 1 aliphatic rings. The van der Waals surface area contributed by atoms with Gasteiger partial charge in [0.05, 0.1) is 17.6 Å². The molecule has 154 valence electrons. The largest absolute Gasteiger partial charge is 0.438 e. The SMILES string of the molecule is Cn1c(CN2CCN(S(=O)(=O)c3ccc(C(N)=O)o3)CC2)nc2cc(Cl)ccc21. The summed E-state index contributed by atoms with van der Waals surface area (Å²) in [6, 6.07) is 8.12. The molecule has 1 aromatic carbocycles. The molecule has 29 heavy (non-hydrogen) atoms. The number of benzene rings is 1. The van der Waals surface area contributed by atoms with Gasteiger partial charge in [-0.1, -0.05) is 11.6 Å². The highest BCUT2D eigenvalue weighted by atomic mass is 35.5. The molecule has 1 aliphatic heterocycles. The monoisotopic (exact) mass is 437 g/mol. The van der Waals surface area contributed by atoms with Crippen LogP contribution in [0.2, 0.25) is 5.02 Å². The number of furan rings is 1. The van der Waals surface area contributed by atoms with Crippen LogP contribution in [-0.4, -0.2) is 59.3 Å². The molecule has 1 amide bonds.